The molecular weight excluding hydrogens is 482 g/mol. The summed E-state index contributed by atoms with van der Waals surface area (Å²) in [5.41, 5.74) is 1.51. The number of hydrogen-bond donors (Lipinski definition) is 8. The summed E-state index contributed by atoms with van der Waals surface area (Å²) in [5, 5.41) is 71.7. The van der Waals surface area contributed by atoms with E-state index in [1.165, 1.54) is 17.2 Å². The summed E-state index contributed by atoms with van der Waals surface area (Å²) in [6, 6.07) is 0. The highest BCUT2D eigenvalue weighted by atomic mass is 16.7. The van der Waals surface area contributed by atoms with Gasteiger partial charge in [-0.3, -0.25) is 4.57 Å². The Morgan fingerprint density at radius 2 is 1.67 bits per heavy atom. The maximum Gasteiger partial charge on any atom is 0.187 e. The lowest BCUT2D eigenvalue weighted by Crippen LogP contribution is -2.59. The van der Waals surface area contributed by atoms with Gasteiger partial charge in [0.05, 0.1) is 26.1 Å². The van der Waals surface area contributed by atoms with Gasteiger partial charge in [-0.25, -0.2) is 15.0 Å². The molecule has 15 heteroatoms. The molecule has 0 radical (unpaired) electrons. The number of aromatic nitrogens is 4. The Labute approximate surface area is 205 Å². The van der Waals surface area contributed by atoms with E-state index in [9.17, 15) is 35.7 Å². The number of imidazole rings is 1. The van der Waals surface area contributed by atoms with E-state index in [-0.39, 0.29) is 6.61 Å². The van der Waals surface area contributed by atoms with Crippen LogP contribution >= 0.6 is 0 Å². The average molecular weight is 514 g/mol. The number of anilines is 1. The van der Waals surface area contributed by atoms with Crippen LogP contribution in [0.25, 0.3) is 11.2 Å². The number of aliphatic hydroxyl groups excluding tert-OH is 7. The van der Waals surface area contributed by atoms with Crippen molar-refractivity contribution in [2.45, 2.75) is 62.2 Å². The third-order valence-corrected chi connectivity index (χ3v) is 6.19. The molecular formula is C21H31N5O10. The minimum atomic E-state index is -1.51. The minimum absolute atomic E-state index is 0.0451. The van der Waals surface area contributed by atoms with Crippen molar-refractivity contribution in [2.24, 2.45) is 0 Å². The molecule has 4 rings (SSSR count). The van der Waals surface area contributed by atoms with Gasteiger partial charge in [-0.05, 0) is 12.5 Å². The van der Waals surface area contributed by atoms with Crippen LogP contribution in [-0.4, -0.2) is 131 Å². The molecule has 2 aliphatic heterocycles. The molecule has 36 heavy (non-hydrogen) atoms. The van der Waals surface area contributed by atoms with Gasteiger partial charge < -0.3 is 55.3 Å². The lowest BCUT2D eigenvalue weighted by atomic mass is 9.99. The van der Waals surface area contributed by atoms with Gasteiger partial charge in [0.25, 0.3) is 0 Å². The lowest BCUT2D eigenvalue weighted by molar-refractivity contribution is -0.299. The van der Waals surface area contributed by atoms with E-state index in [1.807, 2.05) is 0 Å². The van der Waals surface area contributed by atoms with Gasteiger partial charge in [-0.15, -0.1) is 0 Å². The molecule has 200 valence electrons. The summed E-state index contributed by atoms with van der Waals surface area (Å²) in [4.78, 5) is 12.7. The fourth-order valence-corrected chi connectivity index (χ4v) is 4.08. The summed E-state index contributed by atoms with van der Waals surface area (Å²) < 4.78 is 17.8. The predicted octanol–water partition coefficient (Wildman–Crippen LogP) is -3.39. The van der Waals surface area contributed by atoms with Gasteiger partial charge >= 0.3 is 0 Å². The van der Waals surface area contributed by atoms with Crippen LogP contribution in [0.4, 0.5) is 5.82 Å². The summed E-state index contributed by atoms with van der Waals surface area (Å²) in [6.07, 6.45) is -6.66. The molecule has 0 spiro atoms. The SMILES string of the molecule is C/C(=C\CNc1ncnc2c1ncn2C1OC(CO)C(O)C1O)COC1OC(CO)C(O)C(O)C1O. The molecule has 0 bridgehead atoms. The molecule has 8 N–H and O–H groups in total. The topological polar surface area (TPSA) is 225 Å². The third kappa shape index (κ3) is 5.21. The van der Waals surface area contributed by atoms with E-state index in [0.717, 1.165) is 5.57 Å². The number of ether oxygens (including phenoxy) is 3. The molecule has 2 saturated heterocycles. The molecule has 2 aliphatic rings. The van der Waals surface area contributed by atoms with E-state index in [0.29, 0.717) is 23.5 Å². The first-order chi connectivity index (χ1) is 17.3. The van der Waals surface area contributed by atoms with Crippen molar-refractivity contribution in [3.63, 3.8) is 0 Å². The summed E-state index contributed by atoms with van der Waals surface area (Å²) >= 11 is 0. The highest BCUT2D eigenvalue weighted by Gasteiger charge is 2.45. The zero-order chi connectivity index (χ0) is 26.0. The molecule has 9 unspecified atom stereocenters. The van der Waals surface area contributed by atoms with Crippen LogP contribution in [0.5, 0.6) is 0 Å². The maximum absolute atomic E-state index is 10.3. The number of hydrogen-bond acceptors (Lipinski definition) is 14. The van der Waals surface area contributed by atoms with Gasteiger partial charge in [0.1, 0.15) is 49.1 Å². The third-order valence-electron chi connectivity index (χ3n) is 6.19. The first-order valence-electron chi connectivity index (χ1n) is 11.4. The van der Waals surface area contributed by atoms with Crippen LogP contribution < -0.4 is 5.32 Å². The van der Waals surface area contributed by atoms with Crippen LogP contribution in [0, 0.1) is 0 Å². The van der Waals surface area contributed by atoms with E-state index >= 15 is 0 Å². The number of nitrogens with one attached hydrogen (secondary N) is 1. The number of nitrogens with zero attached hydrogens (tertiary/aromatic N) is 4. The number of rotatable bonds is 9. The molecule has 4 heterocycles. The Kier molecular flexibility index (Phi) is 8.46. The van der Waals surface area contributed by atoms with Crippen molar-refractivity contribution >= 4 is 17.0 Å². The largest absolute Gasteiger partial charge is 0.394 e. The molecule has 2 aromatic heterocycles. The second-order valence-corrected chi connectivity index (χ2v) is 8.71. The molecule has 0 saturated carbocycles. The summed E-state index contributed by atoms with van der Waals surface area (Å²) in [7, 11) is 0. The van der Waals surface area contributed by atoms with Gasteiger partial charge in [0, 0.05) is 6.54 Å². The van der Waals surface area contributed by atoms with Crippen LogP contribution in [0.3, 0.4) is 0 Å². The molecule has 2 fully saturated rings. The molecule has 0 amide bonds. The highest BCUT2D eigenvalue weighted by Crippen LogP contribution is 2.32. The Bertz CT molecular complexity index is 1050. The monoisotopic (exact) mass is 513 g/mol. The summed E-state index contributed by atoms with van der Waals surface area (Å²) in [6.45, 7) is 1.15. The van der Waals surface area contributed by atoms with E-state index in [2.05, 4.69) is 20.3 Å². The van der Waals surface area contributed by atoms with Crippen molar-refractivity contribution < 1.29 is 50.0 Å². The van der Waals surface area contributed by atoms with Crippen LogP contribution in [0.2, 0.25) is 0 Å². The Balaban J connectivity index is 1.36. The van der Waals surface area contributed by atoms with Crippen molar-refractivity contribution in [1.82, 2.24) is 19.5 Å². The van der Waals surface area contributed by atoms with E-state index in [1.54, 1.807) is 13.0 Å². The average Bonchev–Trinajstić information content (AvgIpc) is 3.43. The molecule has 15 nitrogen and oxygen atoms in total. The van der Waals surface area contributed by atoms with E-state index < -0.39 is 68.5 Å². The smallest absolute Gasteiger partial charge is 0.187 e. The Morgan fingerprint density at radius 3 is 2.36 bits per heavy atom. The zero-order valence-corrected chi connectivity index (χ0v) is 19.4. The predicted molar refractivity (Wildman–Crippen MR) is 120 cm³/mol. The van der Waals surface area contributed by atoms with Gasteiger partial charge in [0.15, 0.2) is 29.5 Å². The van der Waals surface area contributed by atoms with Gasteiger partial charge in [0.2, 0.25) is 0 Å². The van der Waals surface area contributed by atoms with Crippen LogP contribution in [0.15, 0.2) is 24.3 Å². The minimum Gasteiger partial charge on any atom is -0.394 e. The second-order valence-electron chi connectivity index (χ2n) is 8.71. The number of aliphatic hydroxyl groups is 7. The zero-order valence-electron chi connectivity index (χ0n) is 19.4. The maximum atomic E-state index is 10.3. The lowest BCUT2D eigenvalue weighted by Gasteiger charge is -2.39. The molecule has 0 aliphatic carbocycles. The van der Waals surface area contributed by atoms with Gasteiger partial charge in [-0.2, -0.15) is 0 Å². The van der Waals surface area contributed by atoms with Gasteiger partial charge in [-0.1, -0.05) is 6.08 Å². The quantitative estimate of drug-likeness (QED) is 0.153. The normalized spacial score (nSPS) is 35.4. The van der Waals surface area contributed by atoms with Crippen molar-refractivity contribution in [1.29, 1.82) is 0 Å². The first kappa shape index (κ1) is 26.7. The standard InChI is InChI=1S/C21H31N5O10/c1-9(6-34-21-17(33)15(31)13(29)11(5-28)36-21)2-3-22-18-12-19(24-7-23-18)26(8-25-12)20-16(32)14(30)10(4-27)35-20/h2,7-8,10-11,13-17,20-21,27-33H,3-6H2,1H3,(H,22,23,24)/b9-2+. The second kappa shape index (κ2) is 11.4. The fraction of sp³-hybridized carbons (Fsp3) is 0.667. The molecule has 2 aromatic rings. The van der Waals surface area contributed by atoms with Crippen LogP contribution in [-0.2, 0) is 14.2 Å². The van der Waals surface area contributed by atoms with Crippen molar-refractivity contribution in [3.8, 4) is 0 Å². The fourth-order valence-electron chi connectivity index (χ4n) is 4.08. The summed E-state index contributed by atoms with van der Waals surface area (Å²) in [5.74, 6) is 0.407. The van der Waals surface area contributed by atoms with Crippen molar-refractivity contribution in [3.05, 3.63) is 24.3 Å². The van der Waals surface area contributed by atoms with E-state index in [4.69, 9.17) is 14.2 Å². The number of fused-ring (bicyclic) bond motifs is 1. The Morgan fingerprint density at radius 1 is 0.972 bits per heavy atom. The highest BCUT2D eigenvalue weighted by molar-refractivity contribution is 5.82. The first-order valence-corrected chi connectivity index (χ1v) is 11.4. The Hall–Kier alpha value is -2.31. The van der Waals surface area contributed by atoms with Crippen LogP contribution in [0.1, 0.15) is 13.2 Å². The molecule has 9 atom stereocenters. The van der Waals surface area contributed by atoms with Crippen molar-refractivity contribution in [2.75, 3.05) is 31.7 Å². The molecule has 0 aromatic carbocycles.